The Kier molecular flexibility index (Phi) is 5.97. The third-order valence-electron chi connectivity index (χ3n) is 6.23. The highest BCUT2D eigenvalue weighted by atomic mass is 16.3. The van der Waals surface area contributed by atoms with Gasteiger partial charge in [0.25, 0.3) is 5.91 Å². The molecular weight excluding hydrogens is 352 g/mol. The molecule has 0 unspecified atom stereocenters. The highest BCUT2D eigenvalue weighted by molar-refractivity contribution is 5.94. The van der Waals surface area contributed by atoms with E-state index in [9.17, 15) is 9.90 Å². The summed E-state index contributed by atoms with van der Waals surface area (Å²) in [5.74, 6) is 0.0686. The largest absolute Gasteiger partial charge is 0.393 e. The van der Waals surface area contributed by atoms with E-state index in [0.717, 1.165) is 68.5 Å². The molecule has 1 saturated carbocycles. The Hall–Kier alpha value is -1.92. The number of carbonyl (C=O) groups is 1. The van der Waals surface area contributed by atoms with Gasteiger partial charge in [-0.1, -0.05) is 12.8 Å². The normalized spacial score (nSPS) is 23.7. The number of nitrogens with one attached hydrogen (secondary N) is 1. The quantitative estimate of drug-likeness (QED) is 0.850. The number of rotatable bonds is 4. The van der Waals surface area contributed by atoms with E-state index in [1.807, 2.05) is 17.2 Å². The van der Waals surface area contributed by atoms with Crippen molar-refractivity contribution in [1.82, 2.24) is 19.6 Å². The minimum absolute atomic E-state index is 0.0686. The molecule has 2 aromatic heterocycles. The third-order valence-corrected chi connectivity index (χ3v) is 6.23. The van der Waals surface area contributed by atoms with Crippen LogP contribution in [0, 0.1) is 6.92 Å². The van der Waals surface area contributed by atoms with Crippen LogP contribution in [0.3, 0.4) is 0 Å². The van der Waals surface area contributed by atoms with Crippen molar-refractivity contribution in [3.05, 3.63) is 35.3 Å². The van der Waals surface area contributed by atoms with E-state index in [2.05, 4.69) is 22.7 Å². The average Bonchev–Trinajstić information content (AvgIpc) is 2.86. The van der Waals surface area contributed by atoms with Crippen LogP contribution in [0.5, 0.6) is 0 Å². The smallest absolute Gasteiger partial charge is 0.274 e. The van der Waals surface area contributed by atoms with Crippen LogP contribution >= 0.6 is 0 Å². The Morgan fingerprint density at radius 1 is 1.18 bits per heavy atom. The second kappa shape index (κ2) is 8.62. The van der Waals surface area contributed by atoms with E-state index in [0.29, 0.717) is 18.3 Å². The van der Waals surface area contributed by atoms with E-state index in [1.54, 1.807) is 0 Å². The third kappa shape index (κ3) is 4.23. The van der Waals surface area contributed by atoms with Gasteiger partial charge in [0, 0.05) is 31.9 Å². The van der Waals surface area contributed by atoms with Gasteiger partial charge < -0.3 is 19.7 Å². The highest BCUT2D eigenvalue weighted by Crippen LogP contribution is 2.21. The first-order chi connectivity index (χ1) is 13.6. The van der Waals surface area contributed by atoms with Gasteiger partial charge in [-0.2, -0.15) is 0 Å². The van der Waals surface area contributed by atoms with Crippen LogP contribution in [0.4, 0.5) is 0 Å². The summed E-state index contributed by atoms with van der Waals surface area (Å²) in [4.78, 5) is 20.0. The molecule has 2 fully saturated rings. The minimum Gasteiger partial charge on any atom is -0.393 e. The van der Waals surface area contributed by atoms with Crippen LogP contribution in [-0.4, -0.2) is 50.5 Å². The SMILES string of the molecule is Cc1ccn2c(CNC3CCC(O)CC3)c(C(=O)N3CCCCCC3)nc2c1. The van der Waals surface area contributed by atoms with Crippen LogP contribution < -0.4 is 5.32 Å². The lowest BCUT2D eigenvalue weighted by molar-refractivity contribution is 0.0755. The second-order valence-electron chi connectivity index (χ2n) is 8.43. The van der Waals surface area contributed by atoms with Crippen LogP contribution in [0.1, 0.15) is 73.1 Å². The molecule has 2 aromatic rings. The van der Waals surface area contributed by atoms with Crippen molar-refractivity contribution >= 4 is 11.6 Å². The Balaban J connectivity index is 1.59. The van der Waals surface area contributed by atoms with Crippen LogP contribution in [0.2, 0.25) is 0 Å². The first-order valence-electron chi connectivity index (χ1n) is 10.8. The first kappa shape index (κ1) is 19.4. The Morgan fingerprint density at radius 3 is 2.61 bits per heavy atom. The molecule has 1 amide bonds. The number of nitrogens with zero attached hydrogens (tertiary/aromatic N) is 3. The maximum Gasteiger partial charge on any atom is 0.274 e. The molecule has 0 bridgehead atoms. The molecule has 1 saturated heterocycles. The van der Waals surface area contributed by atoms with E-state index in [1.165, 1.54) is 12.8 Å². The monoisotopic (exact) mass is 384 g/mol. The molecule has 2 N–H and O–H groups in total. The Labute approximate surface area is 166 Å². The summed E-state index contributed by atoms with van der Waals surface area (Å²) in [6, 6.07) is 4.50. The molecule has 4 rings (SSSR count). The summed E-state index contributed by atoms with van der Waals surface area (Å²) < 4.78 is 2.06. The van der Waals surface area contributed by atoms with Crippen molar-refractivity contribution in [1.29, 1.82) is 0 Å². The van der Waals surface area contributed by atoms with Crippen molar-refractivity contribution < 1.29 is 9.90 Å². The average molecular weight is 385 g/mol. The lowest BCUT2D eigenvalue weighted by Crippen LogP contribution is -2.36. The zero-order chi connectivity index (χ0) is 19.5. The fourth-order valence-electron chi connectivity index (χ4n) is 4.48. The lowest BCUT2D eigenvalue weighted by atomic mass is 9.93. The molecule has 0 atom stereocenters. The number of aromatic nitrogens is 2. The molecule has 6 nitrogen and oxygen atoms in total. The maximum atomic E-state index is 13.3. The van der Waals surface area contributed by atoms with E-state index >= 15 is 0 Å². The standard InChI is InChI=1S/C22H32N4O2/c1-16-10-13-26-19(15-23-17-6-8-18(27)9-7-17)21(24-20(26)14-16)22(28)25-11-4-2-3-5-12-25/h10,13-14,17-18,23,27H,2-9,11-12,15H2,1H3. The summed E-state index contributed by atoms with van der Waals surface area (Å²) in [5, 5.41) is 13.4. The molecule has 6 heteroatoms. The van der Waals surface area contributed by atoms with Crippen molar-refractivity contribution in [3.63, 3.8) is 0 Å². The molecule has 1 aliphatic heterocycles. The van der Waals surface area contributed by atoms with Crippen molar-refractivity contribution in [2.75, 3.05) is 13.1 Å². The molecule has 28 heavy (non-hydrogen) atoms. The molecule has 0 spiro atoms. The number of aryl methyl sites for hydroxylation is 1. The number of fused-ring (bicyclic) bond motifs is 1. The van der Waals surface area contributed by atoms with Gasteiger partial charge >= 0.3 is 0 Å². The number of likely N-dealkylation sites (tertiary alicyclic amines) is 1. The topological polar surface area (TPSA) is 69.9 Å². The Morgan fingerprint density at radius 2 is 1.89 bits per heavy atom. The van der Waals surface area contributed by atoms with Crippen LogP contribution in [0.25, 0.3) is 5.65 Å². The number of hydrogen-bond acceptors (Lipinski definition) is 4. The van der Waals surface area contributed by atoms with Gasteiger partial charge in [0.1, 0.15) is 5.65 Å². The van der Waals surface area contributed by atoms with E-state index in [-0.39, 0.29) is 12.0 Å². The van der Waals surface area contributed by atoms with Gasteiger partial charge in [-0.25, -0.2) is 4.98 Å². The maximum absolute atomic E-state index is 13.3. The van der Waals surface area contributed by atoms with Crippen LogP contribution in [-0.2, 0) is 6.54 Å². The Bertz CT molecular complexity index is 815. The summed E-state index contributed by atoms with van der Waals surface area (Å²) >= 11 is 0. The molecule has 0 aromatic carbocycles. The van der Waals surface area contributed by atoms with Crippen LogP contribution in [0.15, 0.2) is 18.3 Å². The molecule has 1 aliphatic carbocycles. The highest BCUT2D eigenvalue weighted by Gasteiger charge is 2.26. The zero-order valence-corrected chi connectivity index (χ0v) is 16.9. The van der Waals surface area contributed by atoms with Gasteiger partial charge in [-0.3, -0.25) is 4.79 Å². The summed E-state index contributed by atoms with van der Waals surface area (Å²) in [5.41, 5.74) is 3.53. The molecule has 2 aliphatic rings. The predicted octanol–water partition coefficient (Wildman–Crippen LogP) is 3.05. The number of hydrogen-bond donors (Lipinski definition) is 2. The lowest BCUT2D eigenvalue weighted by Gasteiger charge is -2.26. The zero-order valence-electron chi connectivity index (χ0n) is 16.9. The van der Waals surface area contributed by atoms with Crippen molar-refractivity contribution in [3.8, 4) is 0 Å². The fourth-order valence-corrected chi connectivity index (χ4v) is 4.48. The molecule has 152 valence electrons. The van der Waals surface area contributed by atoms with Gasteiger partial charge in [0.15, 0.2) is 5.69 Å². The van der Waals surface area contributed by atoms with Crippen molar-refractivity contribution in [2.24, 2.45) is 0 Å². The minimum atomic E-state index is -0.156. The number of carbonyl (C=O) groups excluding carboxylic acids is 1. The molecule has 3 heterocycles. The van der Waals surface area contributed by atoms with Gasteiger partial charge in [0.2, 0.25) is 0 Å². The van der Waals surface area contributed by atoms with E-state index < -0.39 is 0 Å². The second-order valence-corrected chi connectivity index (χ2v) is 8.43. The van der Waals surface area contributed by atoms with E-state index in [4.69, 9.17) is 4.98 Å². The molecule has 0 radical (unpaired) electrons. The van der Waals surface area contributed by atoms with Gasteiger partial charge in [0.05, 0.1) is 11.8 Å². The van der Waals surface area contributed by atoms with Crippen molar-refractivity contribution in [2.45, 2.75) is 77.0 Å². The van der Waals surface area contributed by atoms with Gasteiger partial charge in [-0.05, 0) is 63.1 Å². The van der Waals surface area contributed by atoms with Gasteiger partial charge in [-0.15, -0.1) is 0 Å². The fraction of sp³-hybridized carbons (Fsp3) is 0.636. The predicted molar refractivity (Wildman–Crippen MR) is 109 cm³/mol. The molecular formula is C22H32N4O2. The summed E-state index contributed by atoms with van der Waals surface area (Å²) in [7, 11) is 0. The summed E-state index contributed by atoms with van der Waals surface area (Å²) in [6.07, 6.45) is 10.1. The number of pyridine rings is 1. The first-order valence-corrected chi connectivity index (χ1v) is 10.8. The number of imidazole rings is 1. The number of aliphatic hydroxyl groups excluding tert-OH is 1. The number of amides is 1. The number of aliphatic hydroxyl groups is 1. The summed E-state index contributed by atoms with van der Waals surface area (Å²) in [6.45, 7) is 4.34.